The summed E-state index contributed by atoms with van der Waals surface area (Å²) in [5.74, 6) is -1.77. The molecule has 5 rings (SSSR count). The molecule has 0 bridgehead atoms. The topological polar surface area (TPSA) is 124 Å². The highest BCUT2D eigenvalue weighted by Gasteiger charge is 2.35. The molecule has 3 N–H and O–H groups in total. The van der Waals surface area contributed by atoms with Crippen LogP contribution < -0.4 is 9.62 Å². The fraction of sp³-hybridized carbons (Fsp3) is 0.259. The van der Waals surface area contributed by atoms with E-state index in [1.807, 2.05) is 0 Å². The summed E-state index contributed by atoms with van der Waals surface area (Å²) in [6.07, 6.45) is 1.16. The number of ketones is 2. The average molecular weight is 507 g/mol. The second-order valence-corrected chi connectivity index (χ2v) is 11.4. The number of nitrogens with zero attached hydrogens (tertiary/aromatic N) is 1. The van der Waals surface area contributed by atoms with Crippen molar-refractivity contribution in [2.45, 2.75) is 25.2 Å². The summed E-state index contributed by atoms with van der Waals surface area (Å²) >= 11 is 0. The van der Waals surface area contributed by atoms with Gasteiger partial charge in [-0.2, -0.15) is 0 Å². The molecule has 0 amide bonds. The highest BCUT2D eigenvalue weighted by molar-refractivity contribution is 7.92. The van der Waals surface area contributed by atoms with Crippen molar-refractivity contribution in [3.05, 3.63) is 76.9 Å². The molecule has 36 heavy (non-hydrogen) atoms. The van der Waals surface area contributed by atoms with Crippen molar-refractivity contribution in [1.82, 2.24) is 0 Å². The number of fused-ring (bicyclic) bond motifs is 2. The first kappa shape index (κ1) is 23.9. The Morgan fingerprint density at radius 1 is 0.833 bits per heavy atom. The number of carbonyl (C=O) groups is 2. The number of aromatic hydroxyl groups is 2. The van der Waals surface area contributed by atoms with Gasteiger partial charge in [-0.25, -0.2) is 8.42 Å². The zero-order valence-corrected chi connectivity index (χ0v) is 20.7. The molecule has 3 aromatic carbocycles. The summed E-state index contributed by atoms with van der Waals surface area (Å²) < 4.78 is 28.5. The maximum Gasteiger partial charge on any atom is 0.262 e. The largest absolute Gasteiger partial charge is 0.504 e. The molecular formula is C27H26N2O6S. The number of hydrogen-bond acceptors (Lipinski definition) is 7. The zero-order valence-electron chi connectivity index (χ0n) is 19.9. The lowest BCUT2D eigenvalue weighted by molar-refractivity contribution is 0.0976. The number of phenolic OH excluding ortho intramolecular Hbond substituents is 2. The Labute approximate surface area is 209 Å². The van der Waals surface area contributed by atoms with Gasteiger partial charge in [0.1, 0.15) is 0 Å². The van der Waals surface area contributed by atoms with Crippen LogP contribution in [0.2, 0.25) is 0 Å². The molecule has 186 valence electrons. The first-order valence-electron chi connectivity index (χ1n) is 11.7. The van der Waals surface area contributed by atoms with Crippen molar-refractivity contribution in [1.29, 1.82) is 0 Å². The number of piperidine rings is 1. The van der Waals surface area contributed by atoms with Gasteiger partial charge in [-0.05, 0) is 48.6 Å². The number of carbonyl (C=O) groups excluding carboxylic acids is 2. The molecule has 1 heterocycles. The Balaban J connectivity index is 1.46. The third-order valence-corrected chi connectivity index (χ3v) is 8.17. The zero-order chi connectivity index (χ0) is 25.8. The highest BCUT2D eigenvalue weighted by atomic mass is 32.2. The third kappa shape index (κ3) is 3.99. The minimum absolute atomic E-state index is 0.0475. The van der Waals surface area contributed by atoms with E-state index < -0.39 is 38.8 Å². The normalized spacial score (nSPS) is 19.6. The van der Waals surface area contributed by atoms with E-state index in [9.17, 15) is 28.2 Å². The summed E-state index contributed by atoms with van der Waals surface area (Å²) in [6, 6.07) is 13.6. The van der Waals surface area contributed by atoms with Gasteiger partial charge in [0.25, 0.3) is 10.0 Å². The van der Waals surface area contributed by atoms with Gasteiger partial charge in [0.15, 0.2) is 23.1 Å². The van der Waals surface area contributed by atoms with Crippen molar-refractivity contribution in [3.8, 4) is 11.5 Å². The van der Waals surface area contributed by atoms with Crippen LogP contribution in [0.1, 0.15) is 52.1 Å². The van der Waals surface area contributed by atoms with Crippen LogP contribution in [0.15, 0.2) is 59.5 Å². The fourth-order valence-electron chi connectivity index (χ4n) is 5.22. The van der Waals surface area contributed by atoms with Gasteiger partial charge >= 0.3 is 0 Å². The maximum atomic E-state index is 13.1. The molecule has 8 nitrogen and oxygen atoms in total. The van der Waals surface area contributed by atoms with Gasteiger partial charge < -0.3 is 15.1 Å². The molecule has 2 aliphatic rings. The summed E-state index contributed by atoms with van der Waals surface area (Å²) in [4.78, 5) is 28.1. The highest BCUT2D eigenvalue weighted by Crippen LogP contribution is 2.43. The molecule has 2 unspecified atom stereocenters. The summed E-state index contributed by atoms with van der Waals surface area (Å²) in [6.45, 7) is 6.19. The standard InChI is InChI=1S/C27H26N2O6S/c1-15-11-16(2)14-29(13-15)17-7-9-18(10-8-17)36(34,35)28-22-12-21-23(27(33)26(22)32)25(31)20-6-4-3-5-19(20)24(21)30/h3-10,12,15-16,28,32-33H,11,13-14H2,1-2H3. The van der Waals surface area contributed by atoms with Gasteiger partial charge in [-0.1, -0.05) is 38.1 Å². The fourth-order valence-corrected chi connectivity index (χ4v) is 6.27. The van der Waals surface area contributed by atoms with Gasteiger partial charge in [-0.15, -0.1) is 0 Å². The molecule has 0 spiro atoms. The van der Waals surface area contributed by atoms with Crippen LogP contribution in [0.4, 0.5) is 11.4 Å². The number of phenols is 2. The molecule has 9 heteroatoms. The first-order chi connectivity index (χ1) is 17.1. The SMILES string of the molecule is CC1CC(C)CN(c2ccc(S(=O)(=O)Nc3cc4c(c(O)c3O)C(=O)c3ccccc3C4=O)cc2)C1. The molecule has 1 aliphatic heterocycles. The minimum atomic E-state index is -4.18. The summed E-state index contributed by atoms with van der Waals surface area (Å²) in [5.41, 5.74) is 0.240. The van der Waals surface area contributed by atoms with E-state index in [0.717, 1.165) is 31.3 Å². The van der Waals surface area contributed by atoms with Crippen LogP contribution in [-0.2, 0) is 10.0 Å². The van der Waals surface area contributed by atoms with E-state index in [0.29, 0.717) is 11.8 Å². The van der Waals surface area contributed by atoms with Crippen LogP contribution in [0, 0.1) is 11.8 Å². The monoisotopic (exact) mass is 506 g/mol. The molecule has 3 aromatic rings. The first-order valence-corrected chi connectivity index (χ1v) is 13.2. The van der Waals surface area contributed by atoms with Gasteiger partial charge in [0.2, 0.25) is 0 Å². The Morgan fingerprint density at radius 3 is 2.03 bits per heavy atom. The lowest BCUT2D eigenvalue weighted by Gasteiger charge is -2.36. The maximum absolute atomic E-state index is 13.1. The van der Waals surface area contributed by atoms with Crippen LogP contribution in [-0.4, -0.2) is 43.3 Å². The Kier molecular flexibility index (Phi) is 5.75. The van der Waals surface area contributed by atoms with Crippen molar-refractivity contribution in [2.24, 2.45) is 11.8 Å². The Bertz CT molecular complexity index is 1490. The van der Waals surface area contributed by atoms with E-state index in [2.05, 4.69) is 23.5 Å². The van der Waals surface area contributed by atoms with Crippen LogP contribution in [0.25, 0.3) is 0 Å². The lowest BCUT2D eigenvalue weighted by atomic mass is 9.83. The summed E-state index contributed by atoms with van der Waals surface area (Å²) in [7, 11) is -4.18. The van der Waals surface area contributed by atoms with E-state index in [1.54, 1.807) is 24.3 Å². The van der Waals surface area contributed by atoms with Gasteiger partial charge in [0, 0.05) is 35.5 Å². The third-order valence-electron chi connectivity index (χ3n) is 6.79. The second kappa shape index (κ2) is 8.67. The number of anilines is 2. The smallest absolute Gasteiger partial charge is 0.262 e. The summed E-state index contributed by atoms with van der Waals surface area (Å²) in [5, 5.41) is 21.1. The van der Waals surface area contributed by atoms with Crippen molar-refractivity contribution in [2.75, 3.05) is 22.7 Å². The predicted octanol–water partition coefficient (Wildman–Crippen LogP) is 4.16. The average Bonchev–Trinajstić information content (AvgIpc) is 2.84. The molecule has 0 radical (unpaired) electrons. The van der Waals surface area contributed by atoms with Crippen molar-refractivity contribution < 1.29 is 28.2 Å². The number of benzene rings is 3. The second-order valence-electron chi connectivity index (χ2n) is 9.70. The number of hydrogen-bond donors (Lipinski definition) is 3. The molecule has 0 saturated carbocycles. The van der Waals surface area contributed by atoms with Gasteiger partial charge in [0.05, 0.1) is 16.1 Å². The van der Waals surface area contributed by atoms with Crippen molar-refractivity contribution >= 4 is 33.0 Å². The molecule has 1 aliphatic carbocycles. The van der Waals surface area contributed by atoms with E-state index in [-0.39, 0.29) is 27.1 Å². The molecule has 1 fully saturated rings. The van der Waals surface area contributed by atoms with E-state index >= 15 is 0 Å². The number of nitrogens with one attached hydrogen (secondary N) is 1. The number of rotatable bonds is 4. The molecule has 2 atom stereocenters. The van der Waals surface area contributed by atoms with Crippen molar-refractivity contribution in [3.63, 3.8) is 0 Å². The quantitative estimate of drug-likeness (QED) is 0.355. The molecule has 0 aromatic heterocycles. The molecule has 1 saturated heterocycles. The number of sulfonamides is 1. The lowest BCUT2D eigenvalue weighted by Crippen LogP contribution is -2.38. The van der Waals surface area contributed by atoms with Gasteiger partial charge in [-0.3, -0.25) is 14.3 Å². The van der Waals surface area contributed by atoms with Crippen LogP contribution in [0.3, 0.4) is 0 Å². The minimum Gasteiger partial charge on any atom is -0.504 e. The van der Waals surface area contributed by atoms with E-state index in [1.165, 1.54) is 24.3 Å². The van der Waals surface area contributed by atoms with Crippen LogP contribution >= 0.6 is 0 Å². The van der Waals surface area contributed by atoms with E-state index in [4.69, 9.17) is 0 Å². The Hall–Kier alpha value is -3.85. The Morgan fingerprint density at radius 2 is 1.42 bits per heavy atom. The van der Waals surface area contributed by atoms with Crippen LogP contribution in [0.5, 0.6) is 11.5 Å². The molecular weight excluding hydrogens is 480 g/mol. The predicted molar refractivity (Wildman–Crippen MR) is 135 cm³/mol.